The van der Waals surface area contributed by atoms with Gasteiger partial charge in [0.2, 0.25) is 0 Å². The van der Waals surface area contributed by atoms with Crippen LogP contribution in [0.25, 0.3) is 0 Å². The van der Waals surface area contributed by atoms with Gasteiger partial charge >= 0.3 is 5.97 Å². The maximum atomic E-state index is 11.3. The third kappa shape index (κ3) is 33.7. The van der Waals surface area contributed by atoms with E-state index in [1.54, 1.807) is 6.92 Å². The van der Waals surface area contributed by atoms with Gasteiger partial charge in [-0.25, -0.2) is 4.79 Å². The number of unbranched alkanes of at least 4 members (excludes halogenated alkanes) is 28. The van der Waals surface area contributed by atoms with Crippen molar-refractivity contribution >= 4 is 5.97 Å². The van der Waals surface area contributed by atoms with Crippen LogP contribution in [0.2, 0.25) is 0 Å². The van der Waals surface area contributed by atoms with Gasteiger partial charge in [0.25, 0.3) is 0 Å². The van der Waals surface area contributed by atoms with Crippen LogP contribution < -0.4 is 0 Å². The standard InChI is InChI=1S/C40H78O2/c1-5-6-7-32-35-39(4)36-33-30-28-26-24-22-20-18-16-14-12-10-8-9-11-13-15-17-19-21-23-25-27-29-31-34-37-42-40(41)38(2)3/h39H,2,5-37H2,1,3-4H3. The Bertz CT molecular complexity index is 554. The molecule has 1 unspecified atom stereocenters. The molecule has 0 N–H and O–H groups in total. The number of esters is 1. The van der Waals surface area contributed by atoms with Crippen LogP contribution in [0.5, 0.6) is 0 Å². The Labute approximate surface area is 266 Å². The highest BCUT2D eigenvalue weighted by Gasteiger charge is 2.03. The van der Waals surface area contributed by atoms with E-state index in [9.17, 15) is 4.79 Å². The number of hydrogen-bond donors (Lipinski definition) is 0. The van der Waals surface area contributed by atoms with Crippen molar-refractivity contribution < 1.29 is 9.53 Å². The Morgan fingerprint density at radius 3 is 1.02 bits per heavy atom. The topological polar surface area (TPSA) is 26.3 Å². The second-order valence-electron chi connectivity index (χ2n) is 13.9. The Morgan fingerprint density at radius 1 is 0.476 bits per heavy atom. The third-order valence-electron chi connectivity index (χ3n) is 9.22. The van der Waals surface area contributed by atoms with Gasteiger partial charge in [-0.2, -0.15) is 0 Å². The van der Waals surface area contributed by atoms with Gasteiger partial charge in [0.05, 0.1) is 6.61 Å². The van der Waals surface area contributed by atoms with Gasteiger partial charge < -0.3 is 4.74 Å². The van der Waals surface area contributed by atoms with E-state index in [0.29, 0.717) is 12.2 Å². The van der Waals surface area contributed by atoms with Crippen LogP contribution in [0.15, 0.2) is 12.2 Å². The lowest BCUT2D eigenvalue weighted by atomic mass is 9.96. The van der Waals surface area contributed by atoms with Crippen LogP contribution in [-0.2, 0) is 9.53 Å². The van der Waals surface area contributed by atoms with Gasteiger partial charge in [-0.1, -0.05) is 219 Å². The minimum atomic E-state index is -0.249. The molecule has 0 aliphatic carbocycles. The molecule has 1 atom stereocenters. The fourth-order valence-electron chi connectivity index (χ4n) is 6.19. The Morgan fingerprint density at radius 2 is 0.738 bits per heavy atom. The Kier molecular flexibility index (Phi) is 34.0. The van der Waals surface area contributed by atoms with Crippen molar-refractivity contribution in [2.45, 2.75) is 226 Å². The van der Waals surface area contributed by atoms with Crippen molar-refractivity contribution in [3.8, 4) is 0 Å². The predicted molar refractivity (Wildman–Crippen MR) is 188 cm³/mol. The highest BCUT2D eigenvalue weighted by atomic mass is 16.5. The minimum Gasteiger partial charge on any atom is -0.462 e. The molecule has 0 rings (SSSR count). The monoisotopic (exact) mass is 591 g/mol. The molecule has 2 heteroatoms. The van der Waals surface area contributed by atoms with Gasteiger partial charge in [0, 0.05) is 5.57 Å². The van der Waals surface area contributed by atoms with Crippen LogP contribution in [0.3, 0.4) is 0 Å². The second kappa shape index (κ2) is 34.7. The summed E-state index contributed by atoms with van der Waals surface area (Å²) in [7, 11) is 0. The zero-order valence-corrected chi connectivity index (χ0v) is 29.4. The first-order valence-corrected chi connectivity index (χ1v) is 19.4. The van der Waals surface area contributed by atoms with E-state index in [4.69, 9.17) is 4.74 Å². The third-order valence-corrected chi connectivity index (χ3v) is 9.22. The number of hydrogen-bond acceptors (Lipinski definition) is 2. The first kappa shape index (κ1) is 41.2. The number of rotatable bonds is 35. The second-order valence-corrected chi connectivity index (χ2v) is 13.9. The summed E-state index contributed by atoms with van der Waals surface area (Å²) in [5.41, 5.74) is 0.496. The van der Waals surface area contributed by atoms with Crippen molar-refractivity contribution in [2.75, 3.05) is 6.61 Å². The molecule has 250 valence electrons. The molecular weight excluding hydrogens is 512 g/mol. The maximum Gasteiger partial charge on any atom is 0.333 e. The molecule has 0 fully saturated rings. The Hall–Kier alpha value is -0.790. The average Bonchev–Trinajstić information content (AvgIpc) is 2.98. The number of carbonyl (C=O) groups excluding carboxylic acids is 1. The number of carbonyl (C=O) groups is 1. The molecule has 42 heavy (non-hydrogen) atoms. The fourth-order valence-corrected chi connectivity index (χ4v) is 6.19. The van der Waals surface area contributed by atoms with Gasteiger partial charge in [-0.05, 0) is 19.3 Å². The lowest BCUT2D eigenvalue weighted by Gasteiger charge is -2.10. The van der Waals surface area contributed by atoms with Crippen molar-refractivity contribution in [2.24, 2.45) is 5.92 Å². The summed E-state index contributed by atoms with van der Waals surface area (Å²) in [6, 6.07) is 0. The van der Waals surface area contributed by atoms with Crippen LogP contribution in [0, 0.1) is 5.92 Å². The molecule has 0 saturated carbocycles. The van der Waals surface area contributed by atoms with Gasteiger partial charge in [0.1, 0.15) is 0 Å². The summed E-state index contributed by atoms with van der Waals surface area (Å²) in [5, 5.41) is 0. The molecule has 0 aliphatic heterocycles. The number of ether oxygens (including phenoxy) is 1. The highest BCUT2D eigenvalue weighted by Crippen LogP contribution is 2.19. The molecule has 0 spiro atoms. The SMILES string of the molecule is C=C(C)C(=O)OCCCCCCCCCCCCCCCCCCCCCCCCCCCCC(C)CCCCCC. The minimum absolute atomic E-state index is 0.249. The predicted octanol–water partition coefficient (Wildman–Crippen LogP) is 14.2. The summed E-state index contributed by atoms with van der Waals surface area (Å²) >= 11 is 0. The van der Waals surface area contributed by atoms with Crippen molar-refractivity contribution in [3.63, 3.8) is 0 Å². The first-order valence-electron chi connectivity index (χ1n) is 19.4. The van der Waals surface area contributed by atoms with Crippen molar-refractivity contribution in [1.29, 1.82) is 0 Å². The van der Waals surface area contributed by atoms with Gasteiger partial charge in [-0.3, -0.25) is 0 Å². The van der Waals surface area contributed by atoms with E-state index in [0.717, 1.165) is 12.3 Å². The molecule has 2 nitrogen and oxygen atoms in total. The molecule has 0 saturated heterocycles. The summed E-state index contributed by atoms with van der Waals surface area (Å²) in [4.78, 5) is 11.3. The van der Waals surface area contributed by atoms with E-state index < -0.39 is 0 Å². The first-order chi connectivity index (χ1) is 20.6. The van der Waals surface area contributed by atoms with Crippen molar-refractivity contribution in [1.82, 2.24) is 0 Å². The molecule has 0 heterocycles. The summed E-state index contributed by atoms with van der Waals surface area (Å²) in [5.74, 6) is 0.709. The molecule has 0 radical (unpaired) electrons. The zero-order valence-electron chi connectivity index (χ0n) is 29.4. The van der Waals surface area contributed by atoms with Gasteiger partial charge in [0.15, 0.2) is 0 Å². The van der Waals surface area contributed by atoms with E-state index in [1.807, 2.05) is 0 Å². The lowest BCUT2D eigenvalue weighted by molar-refractivity contribution is -0.139. The van der Waals surface area contributed by atoms with Crippen LogP contribution in [-0.4, -0.2) is 12.6 Å². The summed E-state index contributed by atoms with van der Waals surface area (Å²) < 4.78 is 5.13. The summed E-state index contributed by atoms with van der Waals surface area (Å²) in [6.45, 7) is 10.6. The molecular formula is C40H78O2. The molecule has 0 aliphatic rings. The van der Waals surface area contributed by atoms with Crippen LogP contribution in [0.4, 0.5) is 0 Å². The summed E-state index contributed by atoms with van der Waals surface area (Å²) in [6.07, 6.45) is 45.4. The quantitative estimate of drug-likeness (QED) is 0.0417. The maximum absolute atomic E-state index is 11.3. The fraction of sp³-hybridized carbons (Fsp3) is 0.925. The highest BCUT2D eigenvalue weighted by molar-refractivity contribution is 5.86. The average molecular weight is 591 g/mol. The molecule has 0 aromatic heterocycles. The smallest absolute Gasteiger partial charge is 0.333 e. The normalized spacial score (nSPS) is 12.1. The van der Waals surface area contributed by atoms with E-state index in [-0.39, 0.29) is 5.97 Å². The van der Waals surface area contributed by atoms with E-state index in [2.05, 4.69) is 20.4 Å². The zero-order chi connectivity index (χ0) is 30.8. The van der Waals surface area contributed by atoms with Crippen LogP contribution in [0.1, 0.15) is 226 Å². The lowest BCUT2D eigenvalue weighted by Crippen LogP contribution is -2.05. The molecule has 0 aromatic rings. The Balaban J connectivity index is 3.11. The van der Waals surface area contributed by atoms with Crippen molar-refractivity contribution in [3.05, 3.63) is 12.2 Å². The van der Waals surface area contributed by atoms with Gasteiger partial charge in [-0.15, -0.1) is 0 Å². The van der Waals surface area contributed by atoms with Crippen LogP contribution >= 0.6 is 0 Å². The molecule has 0 aromatic carbocycles. The van der Waals surface area contributed by atoms with E-state index in [1.165, 1.54) is 199 Å². The molecule has 0 bridgehead atoms. The van der Waals surface area contributed by atoms with E-state index >= 15 is 0 Å². The molecule has 0 amide bonds. The largest absolute Gasteiger partial charge is 0.462 e.